The number of nitrogens with one attached hydrogen (secondary N) is 1. The zero-order valence-corrected chi connectivity index (χ0v) is 15.5. The van der Waals surface area contributed by atoms with Crippen LogP contribution in [0.2, 0.25) is 0 Å². The van der Waals surface area contributed by atoms with Gasteiger partial charge in [0.05, 0.1) is 11.0 Å². The first-order chi connectivity index (χ1) is 11.7. The summed E-state index contributed by atoms with van der Waals surface area (Å²) >= 11 is 0. The summed E-state index contributed by atoms with van der Waals surface area (Å²) in [6.45, 7) is 3.85. The molecule has 0 aliphatic heterocycles. The Labute approximate surface area is 148 Å². The van der Waals surface area contributed by atoms with Crippen LogP contribution < -0.4 is 10.1 Å². The van der Waals surface area contributed by atoms with Crippen molar-refractivity contribution in [3.63, 3.8) is 0 Å². The fraction of sp³-hybridized carbons (Fsp3) is 0.278. The number of hydrogen-bond donors (Lipinski definition) is 1. The number of hydrogen-bond acceptors (Lipinski definition) is 4. The SMILES string of the molecule is CC(C)Oc1ccc(C(=O)Nc2cccc(S(=O)(=O)N(C)C)c2)cc1. The predicted octanol–water partition coefficient (Wildman–Crippen LogP) is 2.98. The first-order valence-electron chi connectivity index (χ1n) is 7.81. The van der Waals surface area contributed by atoms with Crippen molar-refractivity contribution in [2.24, 2.45) is 0 Å². The van der Waals surface area contributed by atoms with Gasteiger partial charge in [-0.25, -0.2) is 12.7 Å². The van der Waals surface area contributed by atoms with Crippen molar-refractivity contribution >= 4 is 21.6 Å². The summed E-state index contributed by atoms with van der Waals surface area (Å²) in [7, 11) is -0.632. The van der Waals surface area contributed by atoms with E-state index in [1.165, 1.54) is 26.2 Å². The molecule has 0 radical (unpaired) electrons. The molecule has 2 aromatic rings. The lowest BCUT2D eigenvalue weighted by molar-refractivity contribution is 0.102. The van der Waals surface area contributed by atoms with Gasteiger partial charge in [0.15, 0.2) is 0 Å². The molecule has 0 heterocycles. The van der Waals surface area contributed by atoms with E-state index in [1.54, 1.807) is 36.4 Å². The van der Waals surface area contributed by atoms with Crippen molar-refractivity contribution in [1.29, 1.82) is 0 Å². The van der Waals surface area contributed by atoms with Crippen LogP contribution in [0.4, 0.5) is 5.69 Å². The molecule has 0 saturated heterocycles. The van der Waals surface area contributed by atoms with Gasteiger partial charge >= 0.3 is 0 Å². The average molecular weight is 362 g/mol. The third kappa shape index (κ3) is 4.80. The molecule has 0 unspecified atom stereocenters. The van der Waals surface area contributed by atoms with E-state index in [9.17, 15) is 13.2 Å². The van der Waals surface area contributed by atoms with Crippen LogP contribution in [0, 0.1) is 0 Å². The van der Waals surface area contributed by atoms with Crippen LogP contribution in [0.5, 0.6) is 5.75 Å². The van der Waals surface area contributed by atoms with Crippen molar-refractivity contribution in [3.8, 4) is 5.75 Å². The molecule has 1 N–H and O–H groups in total. The van der Waals surface area contributed by atoms with Crippen molar-refractivity contribution < 1.29 is 17.9 Å². The van der Waals surface area contributed by atoms with Gasteiger partial charge in [0.1, 0.15) is 5.75 Å². The highest BCUT2D eigenvalue weighted by molar-refractivity contribution is 7.89. The molecule has 25 heavy (non-hydrogen) atoms. The lowest BCUT2D eigenvalue weighted by Gasteiger charge is -2.13. The molecule has 2 rings (SSSR count). The highest BCUT2D eigenvalue weighted by atomic mass is 32.2. The Hall–Kier alpha value is -2.38. The fourth-order valence-corrected chi connectivity index (χ4v) is 3.05. The highest BCUT2D eigenvalue weighted by Gasteiger charge is 2.17. The van der Waals surface area contributed by atoms with Crippen LogP contribution in [0.1, 0.15) is 24.2 Å². The van der Waals surface area contributed by atoms with Gasteiger partial charge in [-0.15, -0.1) is 0 Å². The lowest BCUT2D eigenvalue weighted by Crippen LogP contribution is -2.22. The number of carbonyl (C=O) groups excluding carboxylic acids is 1. The van der Waals surface area contributed by atoms with Gasteiger partial charge in [0, 0.05) is 25.3 Å². The van der Waals surface area contributed by atoms with Gasteiger partial charge in [0.2, 0.25) is 10.0 Å². The zero-order chi connectivity index (χ0) is 18.6. The Morgan fingerprint density at radius 1 is 1.08 bits per heavy atom. The number of benzene rings is 2. The summed E-state index contributed by atoms with van der Waals surface area (Å²) in [5.41, 5.74) is 0.868. The molecule has 1 amide bonds. The summed E-state index contributed by atoms with van der Waals surface area (Å²) in [6, 6.07) is 12.9. The number of carbonyl (C=O) groups is 1. The van der Waals surface area contributed by atoms with E-state index >= 15 is 0 Å². The Balaban J connectivity index is 2.16. The minimum Gasteiger partial charge on any atom is -0.491 e. The van der Waals surface area contributed by atoms with Crippen LogP contribution in [0.15, 0.2) is 53.4 Å². The summed E-state index contributed by atoms with van der Waals surface area (Å²) < 4.78 is 31.0. The van der Waals surface area contributed by atoms with E-state index in [2.05, 4.69) is 5.32 Å². The van der Waals surface area contributed by atoms with E-state index in [1.807, 2.05) is 13.8 Å². The Bertz CT molecular complexity index is 844. The monoisotopic (exact) mass is 362 g/mol. The first-order valence-corrected chi connectivity index (χ1v) is 9.25. The summed E-state index contributed by atoms with van der Waals surface area (Å²) in [5, 5.41) is 2.71. The topological polar surface area (TPSA) is 75.7 Å². The molecule has 7 heteroatoms. The van der Waals surface area contributed by atoms with Crippen molar-refractivity contribution in [2.45, 2.75) is 24.8 Å². The normalized spacial score (nSPS) is 11.6. The molecule has 0 aliphatic carbocycles. The number of amides is 1. The van der Waals surface area contributed by atoms with Crippen LogP contribution >= 0.6 is 0 Å². The average Bonchev–Trinajstić information content (AvgIpc) is 2.55. The molecule has 6 nitrogen and oxygen atoms in total. The van der Waals surface area contributed by atoms with Crippen molar-refractivity contribution in [3.05, 3.63) is 54.1 Å². The van der Waals surface area contributed by atoms with Gasteiger partial charge in [0.25, 0.3) is 5.91 Å². The van der Waals surface area contributed by atoms with Crippen molar-refractivity contribution in [1.82, 2.24) is 4.31 Å². The maximum absolute atomic E-state index is 12.3. The van der Waals surface area contributed by atoms with Gasteiger partial charge in [-0.1, -0.05) is 6.07 Å². The third-order valence-corrected chi connectivity index (χ3v) is 5.17. The van der Waals surface area contributed by atoms with Crippen LogP contribution in [-0.4, -0.2) is 38.8 Å². The molecule has 0 aromatic heterocycles. The number of nitrogens with zero attached hydrogens (tertiary/aromatic N) is 1. The molecule has 0 fully saturated rings. The number of rotatable bonds is 6. The van der Waals surface area contributed by atoms with Crippen LogP contribution in [-0.2, 0) is 10.0 Å². The number of sulfonamides is 1. The Morgan fingerprint density at radius 3 is 2.28 bits per heavy atom. The van der Waals surface area contributed by atoms with E-state index < -0.39 is 10.0 Å². The molecule has 0 aliphatic rings. The standard InChI is InChI=1S/C18H22N2O4S/c1-13(2)24-16-10-8-14(9-11-16)18(21)19-15-6-5-7-17(12-15)25(22,23)20(3)4/h5-13H,1-4H3,(H,19,21). The number of anilines is 1. The summed E-state index contributed by atoms with van der Waals surface area (Å²) in [5.74, 6) is 0.362. The fourth-order valence-electron chi connectivity index (χ4n) is 2.11. The van der Waals surface area contributed by atoms with Gasteiger partial charge < -0.3 is 10.1 Å². The minimum atomic E-state index is -3.55. The second-order valence-corrected chi connectivity index (χ2v) is 8.11. The quantitative estimate of drug-likeness (QED) is 0.857. The molecule has 0 saturated carbocycles. The van der Waals surface area contributed by atoms with E-state index in [0.29, 0.717) is 17.0 Å². The second-order valence-electron chi connectivity index (χ2n) is 5.96. The lowest BCUT2D eigenvalue weighted by atomic mass is 10.2. The smallest absolute Gasteiger partial charge is 0.255 e. The Morgan fingerprint density at radius 2 is 1.72 bits per heavy atom. The Kier molecular flexibility index (Phi) is 5.81. The van der Waals surface area contributed by atoms with E-state index in [0.717, 1.165) is 4.31 Å². The molecular formula is C18H22N2O4S. The highest BCUT2D eigenvalue weighted by Crippen LogP contribution is 2.19. The zero-order valence-electron chi connectivity index (χ0n) is 14.7. The first kappa shape index (κ1) is 19.0. The molecular weight excluding hydrogens is 340 g/mol. The van der Waals surface area contributed by atoms with Gasteiger partial charge in [-0.3, -0.25) is 4.79 Å². The van der Waals surface area contributed by atoms with Gasteiger partial charge in [-0.05, 0) is 56.3 Å². The maximum Gasteiger partial charge on any atom is 0.255 e. The van der Waals surface area contributed by atoms with Crippen LogP contribution in [0.3, 0.4) is 0 Å². The molecule has 2 aromatic carbocycles. The molecule has 0 bridgehead atoms. The minimum absolute atomic E-state index is 0.0565. The maximum atomic E-state index is 12.3. The third-order valence-electron chi connectivity index (χ3n) is 3.36. The molecule has 134 valence electrons. The van der Waals surface area contributed by atoms with Crippen LogP contribution in [0.25, 0.3) is 0 Å². The number of ether oxygens (including phenoxy) is 1. The molecule has 0 atom stereocenters. The largest absolute Gasteiger partial charge is 0.491 e. The second kappa shape index (κ2) is 7.67. The van der Waals surface area contributed by atoms with Gasteiger partial charge in [-0.2, -0.15) is 0 Å². The predicted molar refractivity (Wildman–Crippen MR) is 97.5 cm³/mol. The van der Waals surface area contributed by atoms with E-state index in [-0.39, 0.29) is 16.9 Å². The summed E-state index contributed by atoms with van der Waals surface area (Å²) in [4.78, 5) is 12.5. The summed E-state index contributed by atoms with van der Waals surface area (Å²) in [6.07, 6.45) is 0.0565. The van der Waals surface area contributed by atoms with Crippen molar-refractivity contribution in [2.75, 3.05) is 19.4 Å². The molecule has 0 spiro atoms. The van der Waals surface area contributed by atoms with E-state index in [4.69, 9.17) is 4.74 Å².